The maximum Gasteiger partial charge on any atom is 0.238 e. The van der Waals surface area contributed by atoms with Crippen molar-refractivity contribution in [3.8, 4) is 0 Å². The number of hydrogen-bond donors (Lipinski definition) is 1. The van der Waals surface area contributed by atoms with E-state index in [1.807, 2.05) is 18.2 Å². The number of sulfonamides is 1. The van der Waals surface area contributed by atoms with Gasteiger partial charge in [-0.3, -0.25) is 9.69 Å². The van der Waals surface area contributed by atoms with Crippen molar-refractivity contribution in [2.24, 2.45) is 0 Å². The molecule has 0 aromatic heterocycles. The number of hydrogen-bond acceptors (Lipinski definition) is 4. The molecular weight excluding hydrogens is 326 g/mol. The van der Waals surface area contributed by atoms with E-state index in [-0.39, 0.29) is 12.5 Å². The first kappa shape index (κ1) is 18.9. The Labute approximate surface area is 144 Å². The number of nitrogens with one attached hydrogen (secondary N) is 1. The van der Waals surface area contributed by atoms with E-state index in [0.717, 1.165) is 13.0 Å². The van der Waals surface area contributed by atoms with Crippen LogP contribution in [0, 0.1) is 0 Å². The van der Waals surface area contributed by atoms with Crippen LogP contribution in [0.1, 0.15) is 19.4 Å². The lowest BCUT2D eigenvalue weighted by Crippen LogP contribution is -2.60. The van der Waals surface area contributed by atoms with E-state index >= 15 is 0 Å². The second-order valence-electron chi connectivity index (χ2n) is 6.35. The molecule has 1 amide bonds. The van der Waals surface area contributed by atoms with E-state index in [1.165, 1.54) is 9.87 Å². The van der Waals surface area contributed by atoms with Crippen LogP contribution in [0.4, 0.5) is 0 Å². The van der Waals surface area contributed by atoms with E-state index < -0.39 is 21.3 Å². The van der Waals surface area contributed by atoms with Gasteiger partial charge in [-0.05, 0) is 25.8 Å². The van der Waals surface area contributed by atoms with Gasteiger partial charge >= 0.3 is 0 Å². The quantitative estimate of drug-likeness (QED) is 0.817. The molecule has 1 unspecified atom stereocenters. The van der Waals surface area contributed by atoms with Crippen molar-refractivity contribution >= 4 is 15.9 Å². The Balaban J connectivity index is 2.08. The molecular formula is C17H27N3O3S. The molecule has 0 saturated carbocycles. The highest BCUT2D eigenvalue weighted by molar-refractivity contribution is 7.89. The maximum absolute atomic E-state index is 12.4. The fourth-order valence-corrected chi connectivity index (χ4v) is 4.21. The van der Waals surface area contributed by atoms with E-state index in [9.17, 15) is 13.2 Å². The number of rotatable bonds is 6. The van der Waals surface area contributed by atoms with Crippen molar-refractivity contribution in [2.75, 3.05) is 33.2 Å². The van der Waals surface area contributed by atoms with E-state index in [0.29, 0.717) is 13.1 Å². The lowest BCUT2D eigenvalue weighted by Gasteiger charge is -2.40. The second kappa shape index (κ2) is 8.09. The zero-order valence-electron chi connectivity index (χ0n) is 14.6. The zero-order valence-corrected chi connectivity index (χ0v) is 15.4. The highest BCUT2D eigenvalue weighted by Gasteiger charge is 2.37. The topological polar surface area (TPSA) is 69.7 Å². The minimum absolute atomic E-state index is 0.133. The molecule has 0 bridgehead atoms. The number of carbonyl (C=O) groups excluding carboxylic acids is 1. The number of piperazine rings is 1. The first-order valence-electron chi connectivity index (χ1n) is 8.34. The molecule has 1 aliphatic rings. The lowest BCUT2D eigenvalue weighted by atomic mass is 10.1. The summed E-state index contributed by atoms with van der Waals surface area (Å²) in [7, 11) is -1.75. The molecule has 1 heterocycles. The summed E-state index contributed by atoms with van der Waals surface area (Å²) in [6, 6.07) is 9.66. The summed E-state index contributed by atoms with van der Waals surface area (Å²) in [5, 5.41) is 2.19. The third-order valence-corrected chi connectivity index (χ3v) is 6.73. The molecule has 1 aliphatic heterocycles. The molecule has 0 radical (unpaired) electrons. The van der Waals surface area contributed by atoms with Crippen LogP contribution >= 0.6 is 0 Å². The summed E-state index contributed by atoms with van der Waals surface area (Å²) in [5.41, 5.74) is 1.21. The largest absolute Gasteiger partial charge is 0.358 e. The van der Waals surface area contributed by atoms with Gasteiger partial charge in [0, 0.05) is 33.2 Å². The molecule has 1 fully saturated rings. The van der Waals surface area contributed by atoms with Crippen LogP contribution < -0.4 is 5.32 Å². The third-order valence-electron chi connectivity index (χ3n) is 4.49. The van der Waals surface area contributed by atoms with Crippen LogP contribution in [0.25, 0.3) is 0 Å². The Bertz CT molecular complexity index is 646. The Morgan fingerprint density at radius 2 is 1.92 bits per heavy atom. The summed E-state index contributed by atoms with van der Waals surface area (Å²) in [5.74, 6) is -0.133. The van der Waals surface area contributed by atoms with Crippen LogP contribution in [0.15, 0.2) is 30.3 Å². The molecule has 1 N–H and O–H groups in total. The van der Waals surface area contributed by atoms with Gasteiger partial charge in [0.15, 0.2) is 0 Å². The van der Waals surface area contributed by atoms with E-state index in [2.05, 4.69) is 22.3 Å². The zero-order chi connectivity index (χ0) is 17.7. The van der Waals surface area contributed by atoms with Crippen LogP contribution in [0.5, 0.6) is 0 Å². The predicted octanol–water partition coefficient (Wildman–Crippen LogP) is 0.700. The summed E-state index contributed by atoms with van der Waals surface area (Å²) in [4.78, 5) is 14.3. The normalized spacial score (nSPS) is 20.2. The van der Waals surface area contributed by atoms with Crippen LogP contribution in [-0.4, -0.2) is 68.0 Å². The van der Waals surface area contributed by atoms with E-state index in [4.69, 9.17) is 0 Å². The van der Waals surface area contributed by atoms with Gasteiger partial charge in [-0.25, -0.2) is 8.42 Å². The van der Waals surface area contributed by atoms with Gasteiger partial charge in [0.2, 0.25) is 15.9 Å². The summed E-state index contributed by atoms with van der Waals surface area (Å²) >= 11 is 0. The molecule has 134 valence electrons. The monoisotopic (exact) mass is 353 g/mol. The minimum Gasteiger partial charge on any atom is -0.358 e. The average molecular weight is 353 g/mol. The molecule has 0 spiro atoms. The molecule has 1 saturated heterocycles. The SMILES string of the molecule is CNC(=O)C1CN(S(=O)(=O)C(C)C)CCN1CCc1ccccc1. The molecule has 1 atom stereocenters. The van der Waals surface area contributed by atoms with Gasteiger partial charge in [-0.1, -0.05) is 30.3 Å². The van der Waals surface area contributed by atoms with Gasteiger partial charge in [0.1, 0.15) is 6.04 Å². The molecule has 7 heteroatoms. The standard InChI is InChI=1S/C17H27N3O3S/c1-14(2)24(22,23)20-12-11-19(16(13-20)17(21)18-3)10-9-15-7-5-4-6-8-15/h4-8,14,16H,9-13H2,1-3H3,(H,18,21). The number of benzene rings is 1. The Morgan fingerprint density at radius 3 is 2.50 bits per heavy atom. The van der Waals surface area contributed by atoms with Gasteiger partial charge in [0.25, 0.3) is 0 Å². The van der Waals surface area contributed by atoms with Crippen LogP contribution in [-0.2, 0) is 21.2 Å². The summed E-state index contributed by atoms with van der Waals surface area (Å²) in [6.07, 6.45) is 0.839. The molecule has 6 nitrogen and oxygen atoms in total. The van der Waals surface area contributed by atoms with Crippen molar-refractivity contribution in [3.63, 3.8) is 0 Å². The fraction of sp³-hybridized carbons (Fsp3) is 0.588. The van der Waals surface area contributed by atoms with Gasteiger partial charge in [-0.15, -0.1) is 0 Å². The van der Waals surface area contributed by atoms with E-state index in [1.54, 1.807) is 20.9 Å². The number of amides is 1. The Kier molecular flexibility index (Phi) is 6.37. The first-order valence-corrected chi connectivity index (χ1v) is 9.85. The van der Waals surface area contributed by atoms with Crippen LogP contribution in [0.2, 0.25) is 0 Å². The summed E-state index contributed by atoms with van der Waals surface area (Å²) in [6.45, 7) is 5.30. The molecule has 2 rings (SSSR count). The smallest absolute Gasteiger partial charge is 0.238 e. The first-order chi connectivity index (χ1) is 11.4. The second-order valence-corrected chi connectivity index (χ2v) is 8.84. The highest BCUT2D eigenvalue weighted by Crippen LogP contribution is 2.17. The van der Waals surface area contributed by atoms with Gasteiger partial charge < -0.3 is 5.32 Å². The predicted molar refractivity (Wildman–Crippen MR) is 95.2 cm³/mol. The van der Waals surface area contributed by atoms with Crippen LogP contribution in [0.3, 0.4) is 0 Å². The Hall–Kier alpha value is -1.44. The maximum atomic E-state index is 12.4. The van der Waals surface area contributed by atoms with Crippen molar-refractivity contribution < 1.29 is 13.2 Å². The van der Waals surface area contributed by atoms with Crippen molar-refractivity contribution in [2.45, 2.75) is 31.6 Å². The molecule has 0 aliphatic carbocycles. The van der Waals surface area contributed by atoms with Gasteiger partial charge in [0.05, 0.1) is 5.25 Å². The third kappa shape index (κ3) is 4.34. The molecule has 24 heavy (non-hydrogen) atoms. The van der Waals surface area contributed by atoms with Gasteiger partial charge in [-0.2, -0.15) is 4.31 Å². The molecule has 1 aromatic rings. The number of carbonyl (C=O) groups is 1. The molecule has 1 aromatic carbocycles. The lowest BCUT2D eigenvalue weighted by molar-refractivity contribution is -0.127. The fourth-order valence-electron chi connectivity index (χ4n) is 2.93. The average Bonchev–Trinajstić information content (AvgIpc) is 2.59. The number of nitrogens with zero attached hydrogens (tertiary/aromatic N) is 2. The Morgan fingerprint density at radius 1 is 1.25 bits per heavy atom. The minimum atomic E-state index is -3.34. The van der Waals surface area contributed by atoms with Crippen molar-refractivity contribution in [3.05, 3.63) is 35.9 Å². The van der Waals surface area contributed by atoms with Crippen molar-refractivity contribution in [1.82, 2.24) is 14.5 Å². The highest BCUT2D eigenvalue weighted by atomic mass is 32.2. The van der Waals surface area contributed by atoms with Crippen molar-refractivity contribution in [1.29, 1.82) is 0 Å². The summed E-state index contributed by atoms with van der Waals surface area (Å²) < 4.78 is 26.3. The number of likely N-dealkylation sites (N-methyl/N-ethyl adjacent to an activating group) is 1.